The van der Waals surface area contributed by atoms with E-state index in [1.54, 1.807) is 7.11 Å². The van der Waals surface area contributed by atoms with Gasteiger partial charge in [0.2, 0.25) is 5.91 Å². The van der Waals surface area contributed by atoms with Crippen molar-refractivity contribution in [1.82, 2.24) is 5.32 Å². The van der Waals surface area contributed by atoms with Gasteiger partial charge in [-0.1, -0.05) is 48.9 Å². The van der Waals surface area contributed by atoms with E-state index in [4.69, 9.17) is 9.47 Å². The minimum Gasteiger partial charge on any atom is -0.493 e. The highest BCUT2D eigenvalue weighted by Crippen LogP contribution is 2.25. The van der Waals surface area contributed by atoms with Gasteiger partial charge in [0.15, 0.2) is 11.5 Å². The number of para-hydroxylation sites is 2. The van der Waals surface area contributed by atoms with E-state index in [9.17, 15) is 4.79 Å². The van der Waals surface area contributed by atoms with Crippen LogP contribution >= 0.6 is 0 Å². The monoisotopic (exact) mass is 327 g/mol. The summed E-state index contributed by atoms with van der Waals surface area (Å²) in [5.41, 5.74) is 2.34. The number of carbonyl (C=O) groups excluding carboxylic acids is 1. The van der Waals surface area contributed by atoms with Crippen molar-refractivity contribution in [2.45, 2.75) is 32.7 Å². The Kier molecular flexibility index (Phi) is 6.67. The fraction of sp³-hybridized carbons (Fsp3) is 0.350. The summed E-state index contributed by atoms with van der Waals surface area (Å²) in [6, 6.07) is 15.7. The van der Waals surface area contributed by atoms with Gasteiger partial charge >= 0.3 is 0 Å². The molecular formula is C20H25NO3. The van der Waals surface area contributed by atoms with Gasteiger partial charge in [0.1, 0.15) is 0 Å². The summed E-state index contributed by atoms with van der Waals surface area (Å²) >= 11 is 0. The maximum atomic E-state index is 12.2. The van der Waals surface area contributed by atoms with E-state index in [1.165, 1.54) is 5.56 Å². The number of aryl methyl sites for hydroxylation is 1. The van der Waals surface area contributed by atoms with Crippen molar-refractivity contribution in [1.29, 1.82) is 0 Å². The number of rotatable bonds is 8. The van der Waals surface area contributed by atoms with Crippen LogP contribution in [0.5, 0.6) is 11.5 Å². The molecule has 4 nitrogen and oxygen atoms in total. The lowest BCUT2D eigenvalue weighted by Crippen LogP contribution is -2.29. The predicted molar refractivity (Wildman–Crippen MR) is 95.5 cm³/mol. The Labute approximate surface area is 143 Å². The zero-order valence-corrected chi connectivity index (χ0v) is 14.5. The summed E-state index contributed by atoms with van der Waals surface area (Å²) in [4.78, 5) is 12.2. The number of carbonyl (C=O) groups is 1. The van der Waals surface area contributed by atoms with Gasteiger partial charge in [-0.2, -0.15) is 0 Å². The van der Waals surface area contributed by atoms with E-state index in [2.05, 4.69) is 43.4 Å². The third kappa shape index (κ3) is 5.01. The van der Waals surface area contributed by atoms with E-state index >= 15 is 0 Å². The lowest BCUT2D eigenvalue weighted by molar-refractivity contribution is -0.122. The smallest absolute Gasteiger partial charge is 0.223 e. The number of amides is 1. The zero-order chi connectivity index (χ0) is 17.4. The summed E-state index contributed by atoms with van der Waals surface area (Å²) in [5, 5.41) is 3.07. The number of methoxy groups -OCH3 is 1. The van der Waals surface area contributed by atoms with E-state index in [-0.39, 0.29) is 11.9 Å². The summed E-state index contributed by atoms with van der Waals surface area (Å²) < 4.78 is 10.9. The molecule has 0 fully saturated rings. The molecule has 0 bridgehead atoms. The lowest BCUT2D eigenvalue weighted by atomic mass is 10.0. The van der Waals surface area contributed by atoms with Gasteiger partial charge in [-0.15, -0.1) is 0 Å². The predicted octanol–water partition coefficient (Wildman–Crippen LogP) is 4.04. The summed E-state index contributed by atoms with van der Waals surface area (Å²) in [7, 11) is 1.60. The molecule has 1 amide bonds. The first-order chi connectivity index (χ1) is 11.6. The molecule has 0 saturated heterocycles. The molecule has 1 unspecified atom stereocenters. The maximum Gasteiger partial charge on any atom is 0.223 e. The number of hydrogen-bond acceptors (Lipinski definition) is 3. The van der Waals surface area contributed by atoms with Crippen LogP contribution in [-0.4, -0.2) is 19.6 Å². The molecule has 0 heterocycles. The topological polar surface area (TPSA) is 47.6 Å². The Morgan fingerprint density at radius 1 is 1.08 bits per heavy atom. The Morgan fingerprint density at radius 3 is 2.38 bits per heavy atom. The SMILES string of the molecule is CCC(NC(=O)CCOc1ccccc1OC)c1ccc(C)cc1. The van der Waals surface area contributed by atoms with E-state index in [0.717, 1.165) is 12.0 Å². The molecule has 0 aliphatic heterocycles. The molecule has 0 aromatic heterocycles. The molecule has 1 atom stereocenters. The molecular weight excluding hydrogens is 302 g/mol. The number of hydrogen-bond donors (Lipinski definition) is 1. The second-order valence-corrected chi connectivity index (χ2v) is 5.69. The van der Waals surface area contributed by atoms with E-state index in [0.29, 0.717) is 24.5 Å². The molecule has 2 aromatic rings. The Bertz CT molecular complexity index is 652. The minimum atomic E-state index is -0.0164. The van der Waals surface area contributed by atoms with Gasteiger partial charge in [-0.25, -0.2) is 0 Å². The standard InChI is InChI=1S/C20H25NO3/c1-4-17(16-11-9-15(2)10-12-16)21-20(22)13-14-24-19-8-6-5-7-18(19)23-3/h5-12,17H,4,13-14H2,1-3H3,(H,21,22). The van der Waals surface area contributed by atoms with Crippen molar-refractivity contribution in [3.05, 3.63) is 59.7 Å². The Morgan fingerprint density at radius 2 is 1.75 bits per heavy atom. The van der Waals surface area contributed by atoms with Gasteiger partial charge < -0.3 is 14.8 Å². The van der Waals surface area contributed by atoms with Crippen LogP contribution in [0.25, 0.3) is 0 Å². The van der Waals surface area contributed by atoms with Crippen molar-refractivity contribution < 1.29 is 14.3 Å². The van der Waals surface area contributed by atoms with Crippen molar-refractivity contribution in [2.24, 2.45) is 0 Å². The molecule has 128 valence electrons. The lowest BCUT2D eigenvalue weighted by Gasteiger charge is -2.18. The van der Waals surface area contributed by atoms with Crippen LogP contribution in [0.15, 0.2) is 48.5 Å². The van der Waals surface area contributed by atoms with Gasteiger partial charge in [0.25, 0.3) is 0 Å². The van der Waals surface area contributed by atoms with Gasteiger partial charge in [0, 0.05) is 0 Å². The summed E-state index contributed by atoms with van der Waals surface area (Å²) in [6.45, 7) is 4.44. The highest BCUT2D eigenvalue weighted by Gasteiger charge is 2.13. The third-order valence-corrected chi connectivity index (χ3v) is 3.88. The maximum absolute atomic E-state index is 12.2. The first kappa shape index (κ1) is 17.9. The van der Waals surface area contributed by atoms with Crippen LogP contribution in [0.2, 0.25) is 0 Å². The van der Waals surface area contributed by atoms with Crippen LogP contribution in [0, 0.1) is 6.92 Å². The minimum absolute atomic E-state index is 0.0164. The van der Waals surface area contributed by atoms with Gasteiger partial charge in [0.05, 0.1) is 26.2 Å². The second-order valence-electron chi connectivity index (χ2n) is 5.69. The van der Waals surface area contributed by atoms with Crippen LogP contribution in [-0.2, 0) is 4.79 Å². The average Bonchev–Trinajstić information content (AvgIpc) is 2.61. The Balaban J connectivity index is 1.84. The molecule has 0 aliphatic rings. The number of ether oxygens (including phenoxy) is 2. The third-order valence-electron chi connectivity index (χ3n) is 3.88. The summed E-state index contributed by atoms with van der Waals surface area (Å²) in [5.74, 6) is 1.31. The van der Waals surface area contributed by atoms with Gasteiger partial charge in [-0.3, -0.25) is 4.79 Å². The molecule has 0 spiro atoms. The molecule has 2 aromatic carbocycles. The van der Waals surface area contributed by atoms with E-state index in [1.807, 2.05) is 24.3 Å². The first-order valence-electron chi connectivity index (χ1n) is 8.25. The van der Waals surface area contributed by atoms with Crippen LogP contribution in [0.1, 0.15) is 36.9 Å². The molecule has 0 aliphatic carbocycles. The highest BCUT2D eigenvalue weighted by molar-refractivity contribution is 5.76. The second kappa shape index (κ2) is 8.96. The first-order valence-corrected chi connectivity index (χ1v) is 8.25. The Hall–Kier alpha value is -2.49. The molecule has 0 radical (unpaired) electrons. The van der Waals surface area contributed by atoms with Crippen LogP contribution in [0.3, 0.4) is 0 Å². The highest BCUT2D eigenvalue weighted by atomic mass is 16.5. The molecule has 4 heteroatoms. The molecule has 0 saturated carbocycles. The normalized spacial score (nSPS) is 11.6. The number of benzene rings is 2. The van der Waals surface area contributed by atoms with Crippen molar-refractivity contribution in [2.75, 3.05) is 13.7 Å². The van der Waals surface area contributed by atoms with Crippen molar-refractivity contribution >= 4 is 5.91 Å². The van der Waals surface area contributed by atoms with Crippen LogP contribution < -0.4 is 14.8 Å². The fourth-order valence-electron chi connectivity index (χ4n) is 2.48. The molecule has 2 rings (SSSR count). The largest absolute Gasteiger partial charge is 0.493 e. The average molecular weight is 327 g/mol. The number of nitrogens with one attached hydrogen (secondary N) is 1. The molecule has 1 N–H and O–H groups in total. The summed E-state index contributed by atoms with van der Waals surface area (Å²) in [6.07, 6.45) is 1.16. The van der Waals surface area contributed by atoms with E-state index < -0.39 is 0 Å². The molecule has 24 heavy (non-hydrogen) atoms. The van der Waals surface area contributed by atoms with Crippen molar-refractivity contribution in [3.8, 4) is 11.5 Å². The zero-order valence-electron chi connectivity index (χ0n) is 14.5. The fourth-order valence-corrected chi connectivity index (χ4v) is 2.48. The van der Waals surface area contributed by atoms with Crippen molar-refractivity contribution in [3.63, 3.8) is 0 Å². The quantitative estimate of drug-likeness (QED) is 0.796. The van der Waals surface area contributed by atoms with Crippen LogP contribution in [0.4, 0.5) is 0 Å². The van der Waals surface area contributed by atoms with Gasteiger partial charge in [-0.05, 0) is 31.0 Å².